The van der Waals surface area contributed by atoms with Crippen LogP contribution in [0.25, 0.3) is 11.4 Å². The molecule has 1 heterocycles. The third-order valence-corrected chi connectivity index (χ3v) is 5.27. The predicted molar refractivity (Wildman–Crippen MR) is 108 cm³/mol. The number of hydrogen-bond donors (Lipinski definition) is 0. The second-order valence-electron chi connectivity index (χ2n) is 6.26. The molecule has 3 aromatic rings. The van der Waals surface area contributed by atoms with Crippen molar-refractivity contribution in [1.82, 2.24) is 14.8 Å². The van der Waals surface area contributed by atoms with Crippen LogP contribution in [0, 0.1) is 5.82 Å². The number of rotatable bonds is 9. The van der Waals surface area contributed by atoms with E-state index in [0.717, 1.165) is 36.5 Å². The Morgan fingerprint density at radius 1 is 1.11 bits per heavy atom. The molecule has 1 aromatic heterocycles. The van der Waals surface area contributed by atoms with Crippen molar-refractivity contribution in [2.45, 2.75) is 31.5 Å². The van der Waals surface area contributed by atoms with Crippen molar-refractivity contribution in [2.24, 2.45) is 0 Å². The van der Waals surface area contributed by atoms with E-state index in [9.17, 15) is 9.18 Å². The SMILES string of the molecule is CCCCn1c(SCC(=O)c2ccc(F)cc2)nnc1-c1ccc(OC)cc1. The van der Waals surface area contributed by atoms with E-state index in [4.69, 9.17) is 4.74 Å². The summed E-state index contributed by atoms with van der Waals surface area (Å²) < 4.78 is 20.3. The highest BCUT2D eigenvalue weighted by Crippen LogP contribution is 2.26. The van der Waals surface area contributed by atoms with Crippen LogP contribution in [0.3, 0.4) is 0 Å². The Bertz CT molecular complexity index is 924. The molecule has 0 saturated carbocycles. The first-order chi connectivity index (χ1) is 13.6. The number of nitrogens with zero attached hydrogens (tertiary/aromatic N) is 3. The molecule has 0 amide bonds. The van der Waals surface area contributed by atoms with Gasteiger partial charge in [-0.25, -0.2) is 4.39 Å². The van der Waals surface area contributed by atoms with Gasteiger partial charge in [-0.3, -0.25) is 4.79 Å². The molecule has 0 aliphatic carbocycles. The lowest BCUT2D eigenvalue weighted by Crippen LogP contribution is -2.06. The van der Waals surface area contributed by atoms with Gasteiger partial charge in [0.2, 0.25) is 0 Å². The van der Waals surface area contributed by atoms with Gasteiger partial charge in [0, 0.05) is 17.7 Å². The zero-order chi connectivity index (χ0) is 19.9. The number of thioether (sulfide) groups is 1. The number of hydrogen-bond acceptors (Lipinski definition) is 5. The highest BCUT2D eigenvalue weighted by atomic mass is 32.2. The number of benzene rings is 2. The summed E-state index contributed by atoms with van der Waals surface area (Å²) in [6.07, 6.45) is 2.03. The molecule has 0 bridgehead atoms. The Morgan fingerprint density at radius 3 is 2.46 bits per heavy atom. The molecular formula is C21H22FN3O2S. The average Bonchev–Trinajstić information content (AvgIpc) is 3.13. The van der Waals surface area contributed by atoms with Crippen LogP contribution >= 0.6 is 11.8 Å². The Kier molecular flexibility index (Phi) is 6.81. The second kappa shape index (κ2) is 9.50. The lowest BCUT2D eigenvalue weighted by molar-refractivity contribution is 0.102. The van der Waals surface area contributed by atoms with Gasteiger partial charge in [0.25, 0.3) is 0 Å². The number of ether oxygens (including phenoxy) is 1. The van der Waals surface area contributed by atoms with Crippen molar-refractivity contribution in [3.63, 3.8) is 0 Å². The van der Waals surface area contributed by atoms with Crippen LogP contribution in [0.4, 0.5) is 4.39 Å². The molecule has 0 aliphatic heterocycles. The van der Waals surface area contributed by atoms with Gasteiger partial charge >= 0.3 is 0 Å². The molecule has 2 aromatic carbocycles. The summed E-state index contributed by atoms with van der Waals surface area (Å²) in [6, 6.07) is 13.3. The first kappa shape index (κ1) is 20.1. The van der Waals surface area contributed by atoms with E-state index in [0.29, 0.717) is 10.7 Å². The monoisotopic (exact) mass is 399 g/mol. The van der Waals surface area contributed by atoms with Crippen molar-refractivity contribution in [3.05, 3.63) is 59.9 Å². The number of unbranched alkanes of at least 4 members (excludes halogenated alkanes) is 1. The van der Waals surface area contributed by atoms with Crippen LogP contribution in [0.2, 0.25) is 0 Å². The highest BCUT2D eigenvalue weighted by molar-refractivity contribution is 7.99. The molecule has 5 nitrogen and oxygen atoms in total. The minimum atomic E-state index is -0.354. The number of ketones is 1. The minimum Gasteiger partial charge on any atom is -0.497 e. The van der Waals surface area contributed by atoms with Crippen molar-refractivity contribution < 1.29 is 13.9 Å². The van der Waals surface area contributed by atoms with E-state index < -0.39 is 0 Å². The maximum Gasteiger partial charge on any atom is 0.191 e. The first-order valence-corrected chi connectivity index (χ1v) is 10.1. The third-order valence-electron chi connectivity index (χ3n) is 4.30. The Hall–Kier alpha value is -2.67. The number of halogens is 1. The number of carbonyl (C=O) groups is 1. The topological polar surface area (TPSA) is 57.0 Å². The van der Waals surface area contributed by atoms with Gasteiger partial charge in [-0.1, -0.05) is 25.1 Å². The zero-order valence-electron chi connectivity index (χ0n) is 15.9. The average molecular weight is 399 g/mol. The smallest absolute Gasteiger partial charge is 0.191 e. The van der Waals surface area contributed by atoms with E-state index in [2.05, 4.69) is 17.1 Å². The fourth-order valence-electron chi connectivity index (χ4n) is 2.72. The summed E-state index contributed by atoms with van der Waals surface area (Å²) in [4.78, 5) is 12.4. The second-order valence-corrected chi connectivity index (χ2v) is 7.20. The molecule has 3 rings (SSSR count). The molecule has 0 fully saturated rings. The van der Waals surface area contributed by atoms with Gasteiger partial charge in [-0.05, 0) is 55.0 Å². The molecule has 0 N–H and O–H groups in total. The van der Waals surface area contributed by atoms with Crippen LogP contribution in [0.1, 0.15) is 30.1 Å². The first-order valence-electron chi connectivity index (χ1n) is 9.11. The van der Waals surface area contributed by atoms with E-state index in [1.165, 1.54) is 36.0 Å². The largest absolute Gasteiger partial charge is 0.497 e. The highest BCUT2D eigenvalue weighted by Gasteiger charge is 2.16. The summed E-state index contributed by atoms with van der Waals surface area (Å²) in [7, 11) is 1.63. The maximum absolute atomic E-state index is 13.0. The third kappa shape index (κ3) is 4.78. The molecule has 0 saturated heterocycles. The number of carbonyl (C=O) groups excluding carboxylic acids is 1. The molecule has 7 heteroatoms. The standard InChI is InChI=1S/C21H22FN3O2S/c1-3-4-13-25-20(16-7-11-18(27-2)12-8-16)23-24-21(25)28-14-19(26)15-5-9-17(22)10-6-15/h5-12H,3-4,13-14H2,1-2H3. The van der Waals surface area contributed by atoms with Gasteiger partial charge in [-0.15, -0.1) is 10.2 Å². The Labute approximate surface area is 167 Å². The molecule has 28 heavy (non-hydrogen) atoms. The summed E-state index contributed by atoms with van der Waals surface area (Å²) in [5.41, 5.74) is 1.44. The van der Waals surface area contributed by atoms with Gasteiger partial charge < -0.3 is 9.30 Å². The number of aromatic nitrogens is 3. The van der Waals surface area contributed by atoms with Crippen molar-refractivity contribution in [1.29, 1.82) is 0 Å². The van der Waals surface area contributed by atoms with E-state index in [-0.39, 0.29) is 17.4 Å². The lowest BCUT2D eigenvalue weighted by atomic mass is 10.1. The van der Waals surface area contributed by atoms with Crippen LogP contribution in [0.15, 0.2) is 53.7 Å². The number of Topliss-reactive ketones (excluding diaryl/α,β-unsaturated/α-hetero) is 1. The Balaban J connectivity index is 1.79. The fourth-order valence-corrected chi connectivity index (χ4v) is 3.58. The van der Waals surface area contributed by atoms with Gasteiger partial charge in [-0.2, -0.15) is 0 Å². The maximum atomic E-state index is 13.0. The minimum absolute atomic E-state index is 0.0685. The van der Waals surface area contributed by atoms with Crippen LogP contribution < -0.4 is 4.74 Å². The quantitative estimate of drug-likeness (QED) is 0.380. The van der Waals surface area contributed by atoms with E-state index >= 15 is 0 Å². The predicted octanol–water partition coefficient (Wildman–Crippen LogP) is 4.87. The summed E-state index contributed by atoms with van der Waals surface area (Å²) in [6.45, 7) is 2.90. The van der Waals surface area contributed by atoms with Crippen LogP contribution in [-0.2, 0) is 6.54 Å². The zero-order valence-corrected chi connectivity index (χ0v) is 16.7. The van der Waals surface area contributed by atoms with Gasteiger partial charge in [0.05, 0.1) is 12.9 Å². The van der Waals surface area contributed by atoms with Crippen molar-refractivity contribution in [2.75, 3.05) is 12.9 Å². The van der Waals surface area contributed by atoms with E-state index in [1.54, 1.807) is 7.11 Å². The summed E-state index contributed by atoms with van der Waals surface area (Å²) in [5, 5.41) is 9.35. The van der Waals surface area contributed by atoms with Crippen molar-refractivity contribution >= 4 is 17.5 Å². The molecule has 0 unspecified atom stereocenters. The normalized spacial score (nSPS) is 10.8. The van der Waals surface area contributed by atoms with Crippen LogP contribution in [-0.4, -0.2) is 33.4 Å². The molecule has 0 atom stereocenters. The molecule has 0 spiro atoms. The lowest BCUT2D eigenvalue weighted by Gasteiger charge is -2.10. The van der Waals surface area contributed by atoms with Crippen molar-refractivity contribution in [3.8, 4) is 17.1 Å². The molecular weight excluding hydrogens is 377 g/mol. The molecule has 0 radical (unpaired) electrons. The summed E-state index contributed by atoms with van der Waals surface area (Å²) in [5.74, 6) is 1.35. The molecule has 146 valence electrons. The summed E-state index contributed by atoms with van der Waals surface area (Å²) >= 11 is 1.35. The van der Waals surface area contributed by atoms with E-state index in [1.807, 2.05) is 28.8 Å². The Morgan fingerprint density at radius 2 is 1.82 bits per heavy atom. The van der Waals surface area contributed by atoms with Gasteiger partial charge in [0.1, 0.15) is 11.6 Å². The van der Waals surface area contributed by atoms with Crippen LogP contribution in [0.5, 0.6) is 5.75 Å². The number of methoxy groups -OCH3 is 1. The van der Waals surface area contributed by atoms with Gasteiger partial charge in [0.15, 0.2) is 16.8 Å². The fraction of sp³-hybridized carbons (Fsp3) is 0.286. The molecule has 0 aliphatic rings.